The molecule has 0 radical (unpaired) electrons. The van der Waals surface area contributed by atoms with E-state index in [2.05, 4.69) is 0 Å². The van der Waals surface area contributed by atoms with E-state index in [1.807, 2.05) is 22.6 Å². The molecule has 0 bridgehead atoms. The molecule has 0 fully saturated rings. The van der Waals surface area contributed by atoms with Crippen LogP contribution in [0.5, 0.6) is 0 Å². The second-order valence-corrected chi connectivity index (χ2v) is 3.54. The van der Waals surface area contributed by atoms with Crippen LogP contribution in [0.4, 0.5) is 4.39 Å². The van der Waals surface area contributed by atoms with Crippen LogP contribution in [0.15, 0.2) is 18.2 Å². The molecule has 0 unspecified atom stereocenters. The minimum atomic E-state index is -0.422. The third-order valence-corrected chi connectivity index (χ3v) is 2.46. The highest BCUT2D eigenvalue weighted by molar-refractivity contribution is 14.1. The Kier molecular flexibility index (Phi) is 3.20. The van der Waals surface area contributed by atoms with Gasteiger partial charge in [0.2, 0.25) is 0 Å². The van der Waals surface area contributed by atoms with Gasteiger partial charge in [-0.15, -0.1) is 0 Å². The third-order valence-electron chi connectivity index (χ3n) is 1.56. The van der Waals surface area contributed by atoms with Crippen LogP contribution in [0.2, 0.25) is 0 Å². The SMILES string of the molecule is CCC(=O)c1c(F)cccc1I. The lowest BCUT2D eigenvalue weighted by molar-refractivity contribution is 0.0983. The quantitative estimate of drug-likeness (QED) is 0.600. The molecule has 12 heavy (non-hydrogen) atoms. The Morgan fingerprint density at radius 2 is 2.25 bits per heavy atom. The number of ketones is 1. The van der Waals surface area contributed by atoms with Gasteiger partial charge in [0.05, 0.1) is 5.56 Å². The molecule has 0 saturated heterocycles. The molecule has 0 spiro atoms. The minimum Gasteiger partial charge on any atom is -0.294 e. The molecule has 0 aromatic heterocycles. The fourth-order valence-electron chi connectivity index (χ4n) is 0.941. The Hall–Kier alpha value is -0.450. The van der Waals surface area contributed by atoms with Gasteiger partial charge < -0.3 is 0 Å². The summed E-state index contributed by atoms with van der Waals surface area (Å²) >= 11 is 1.96. The van der Waals surface area contributed by atoms with E-state index in [1.54, 1.807) is 19.1 Å². The molecule has 0 aliphatic rings. The maximum atomic E-state index is 13.1. The van der Waals surface area contributed by atoms with E-state index < -0.39 is 5.82 Å². The molecule has 1 nitrogen and oxygen atoms in total. The second kappa shape index (κ2) is 3.98. The second-order valence-electron chi connectivity index (χ2n) is 2.37. The number of carbonyl (C=O) groups excluding carboxylic acids is 1. The summed E-state index contributed by atoms with van der Waals surface area (Å²) in [7, 11) is 0. The molecule has 1 rings (SSSR count). The van der Waals surface area contributed by atoms with Crippen molar-refractivity contribution in [2.24, 2.45) is 0 Å². The summed E-state index contributed by atoms with van der Waals surface area (Å²) in [6.45, 7) is 1.73. The predicted octanol–water partition coefficient (Wildman–Crippen LogP) is 3.02. The van der Waals surface area contributed by atoms with Gasteiger partial charge in [0, 0.05) is 9.99 Å². The molecule has 0 atom stereocenters. The minimum absolute atomic E-state index is 0.141. The molecule has 0 aliphatic heterocycles. The zero-order valence-corrected chi connectivity index (χ0v) is 8.76. The maximum Gasteiger partial charge on any atom is 0.166 e. The van der Waals surface area contributed by atoms with Crippen molar-refractivity contribution < 1.29 is 9.18 Å². The van der Waals surface area contributed by atoms with Gasteiger partial charge in [0.25, 0.3) is 0 Å². The van der Waals surface area contributed by atoms with Gasteiger partial charge in [-0.2, -0.15) is 0 Å². The molecule has 0 saturated carbocycles. The van der Waals surface area contributed by atoms with Crippen LogP contribution in [0, 0.1) is 9.39 Å². The summed E-state index contributed by atoms with van der Waals surface area (Å²) in [5.41, 5.74) is 0.223. The number of rotatable bonds is 2. The monoisotopic (exact) mass is 278 g/mol. The zero-order chi connectivity index (χ0) is 9.14. The largest absolute Gasteiger partial charge is 0.294 e. The Bertz CT molecular complexity index is 289. The van der Waals surface area contributed by atoms with Crippen LogP contribution < -0.4 is 0 Å². The number of Topliss-reactive ketones (excluding diaryl/α,β-unsaturated/α-hetero) is 1. The maximum absolute atomic E-state index is 13.1. The van der Waals surface area contributed by atoms with E-state index in [0.29, 0.717) is 9.99 Å². The van der Waals surface area contributed by atoms with Crippen molar-refractivity contribution >= 4 is 28.4 Å². The van der Waals surface area contributed by atoms with Crippen molar-refractivity contribution in [2.75, 3.05) is 0 Å². The van der Waals surface area contributed by atoms with Gasteiger partial charge in [0.1, 0.15) is 5.82 Å². The van der Waals surface area contributed by atoms with Crippen LogP contribution >= 0.6 is 22.6 Å². The van der Waals surface area contributed by atoms with Gasteiger partial charge >= 0.3 is 0 Å². The molecule has 64 valence electrons. The molecule has 0 aliphatic carbocycles. The fraction of sp³-hybridized carbons (Fsp3) is 0.222. The normalized spacial score (nSPS) is 9.92. The van der Waals surface area contributed by atoms with E-state index in [1.165, 1.54) is 6.07 Å². The van der Waals surface area contributed by atoms with Crippen molar-refractivity contribution in [3.8, 4) is 0 Å². The molecule has 0 heterocycles. The number of halogens is 2. The summed E-state index contributed by atoms with van der Waals surface area (Å²) in [6.07, 6.45) is 0.344. The van der Waals surface area contributed by atoms with E-state index in [4.69, 9.17) is 0 Å². The Morgan fingerprint density at radius 3 is 2.75 bits per heavy atom. The standard InChI is InChI=1S/C9H8FIO/c1-2-8(12)9-6(10)4-3-5-7(9)11/h3-5H,2H2,1H3. The highest BCUT2D eigenvalue weighted by Crippen LogP contribution is 2.17. The first-order valence-corrected chi connectivity index (χ1v) is 4.72. The van der Waals surface area contributed by atoms with Crippen LogP contribution in [0.3, 0.4) is 0 Å². The van der Waals surface area contributed by atoms with Crippen molar-refractivity contribution in [3.63, 3.8) is 0 Å². The summed E-state index contributed by atoms with van der Waals surface area (Å²) < 4.78 is 13.7. The number of carbonyl (C=O) groups is 1. The van der Waals surface area contributed by atoms with Crippen LogP contribution in [0.25, 0.3) is 0 Å². The van der Waals surface area contributed by atoms with Crippen molar-refractivity contribution in [1.29, 1.82) is 0 Å². The molecule has 3 heteroatoms. The van der Waals surface area contributed by atoms with E-state index in [0.717, 1.165) is 0 Å². The first-order valence-electron chi connectivity index (χ1n) is 3.64. The lowest BCUT2D eigenvalue weighted by Gasteiger charge is -2.01. The predicted molar refractivity (Wildman–Crippen MR) is 53.7 cm³/mol. The van der Waals surface area contributed by atoms with E-state index in [9.17, 15) is 9.18 Å². The average Bonchev–Trinajstić information content (AvgIpc) is 2.03. The molecular formula is C9H8FIO. The molecule has 1 aromatic carbocycles. The third kappa shape index (κ3) is 1.83. The number of hydrogen-bond acceptors (Lipinski definition) is 1. The molecule has 1 aromatic rings. The topological polar surface area (TPSA) is 17.1 Å². The van der Waals surface area contributed by atoms with Crippen molar-refractivity contribution in [2.45, 2.75) is 13.3 Å². The summed E-state index contributed by atoms with van der Waals surface area (Å²) in [5, 5.41) is 0. The van der Waals surface area contributed by atoms with Crippen molar-refractivity contribution in [3.05, 3.63) is 33.1 Å². The Labute approximate surface area is 84.1 Å². The molecular weight excluding hydrogens is 270 g/mol. The smallest absolute Gasteiger partial charge is 0.166 e. The van der Waals surface area contributed by atoms with Gasteiger partial charge in [-0.25, -0.2) is 4.39 Å². The highest BCUT2D eigenvalue weighted by Gasteiger charge is 2.12. The first-order chi connectivity index (χ1) is 5.66. The number of hydrogen-bond donors (Lipinski definition) is 0. The average molecular weight is 278 g/mol. The van der Waals surface area contributed by atoms with Gasteiger partial charge in [-0.05, 0) is 34.7 Å². The summed E-state index contributed by atoms with van der Waals surface area (Å²) in [6, 6.07) is 4.64. The highest BCUT2D eigenvalue weighted by atomic mass is 127. The van der Waals surface area contributed by atoms with Gasteiger partial charge in [-0.3, -0.25) is 4.79 Å². The Morgan fingerprint density at radius 1 is 1.58 bits per heavy atom. The molecule has 0 amide bonds. The lowest BCUT2D eigenvalue weighted by atomic mass is 10.1. The summed E-state index contributed by atoms with van der Waals surface area (Å²) in [4.78, 5) is 11.2. The van der Waals surface area contributed by atoms with E-state index >= 15 is 0 Å². The van der Waals surface area contributed by atoms with E-state index in [-0.39, 0.29) is 11.3 Å². The van der Waals surface area contributed by atoms with Crippen LogP contribution in [0.1, 0.15) is 23.7 Å². The lowest BCUT2D eigenvalue weighted by Crippen LogP contribution is -2.03. The van der Waals surface area contributed by atoms with Gasteiger partial charge in [0.15, 0.2) is 5.78 Å². The van der Waals surface area contributed by atoms with Crippen LogP contribution in [-0.4, -0.2) is 5.78 Å². The van der Waals surface area contributed by atoms with Gasteiger partial charge in [-0.1, -0.05) is 13.0 Å². The summed E-state index contributed by atoms with van der Waals surface area (Å²) in [5.74, 6) is -0.564. The number of benzene rings is 1. The van der Waals surface area contributed by atoms with Crippen molar-refractivity contribution in [1.82, 2.24) is 0 Å². The Balaban J connectivity index is 3.21. The van der Waals surface area contributed by atoms with Crippen LogP contribution in [-0.2, 0) is 0 Å². The zero-order valence-electron chi connectivity index (χ0n) is 6.60. The molecule has 0 N–H and O–H groups in total. The fourth-order valence-corrected chi connectivity index (χ4v) is 1.71. The first kappa shape index (κ1) is 9.64.